The maximum absolute atomic E-state index is 6.34. The molecule has 0 radical (unpaired) electrons. The number of allylic oxidation sites excluding steroid dienone is 2. The van der Waals surface area contributed by atoms with Crippen molar-refractivity contribution < 1.29 is 0 Å². The highest BCUT2D eigenvalue weighted by molar-refractivity contribution is 6.22. The maximum Gasteiger partial charge on any atom is 0.0639 e. The zero-order valence-corrected chi connectivity index (χ0v) is 11.7. The summed E-state index contributed by atoms with van der Waals surface area (Å²) in [6, 6.07) is 2.10. The Bertz CT molecular complexity index is 418. The van der Waals surface area contributed by atoms with E-state index in [1.54, 1.807) is 0 Å². The van der Waals surface area contributed by atoms with Crippen molar-refractivity contribution >= 4 is 17.2 Å². The first kappa shape index (κ1) is 12.7. The van der Waals surface area contributed by atoms with Crippen molar-refractivity contribution in [1.29, 1.82) is 0 Å². The van der Waals surface area contributed by atoms with Gasteiger partial charge in [0, 0.05) is 12.7 Å². The molecule has 0 aromatic carbocycles. The molecule has 0 saturated heterocycles. The lowest BCUT2D eigenvalue weighted by atomic mass is 9.76. The van der Waals surface area contributed by atoms with Crippen LogP contribution in [0.4, 0.5) is 0 Å². The fourth-order valence-electron chi connectivity index (χ4n) is 2.62. The second kappa shape index (κ2) is 4.85. The van der Waals surface area contributed by atoms with E-state index in [0.717, 1.165) is 25.8 Å². The molecule has 3 heteroatoms. The van der Waals surface area contributed by atoms with Crippen LogP contribution >= 0.6 is 11.6 Å². The second-order valence-electron chi connectivity index (χ2n) is 5.69. The molecule has 0 bridgehead atoms. The van der Waals surface area contributed by atoms with Crippen LogP contribution in [0.25, 0.3) is 5.57 Å². The van der Waals surface area contributed by atoms with Crippen LogP contribution in [-0.2, 0) is 6.54 Å². The van der Waals surface area contributed by atoms with Gasteiger partial charge in [-0.2, -0.15) is 5.10 Å². The Labute approximate surface area is 109 Å². The van der Waals surface area contributed by atoms with Crippen LogP contribution in [0.5, 0.6) is 0 Å². The van der Waals surface area contributed by atoms with E-state index < -0.39 is 0 Å². The fraction of sp³-hybridized carbons (Fsp3) is 0.643. The van der Waals surface area contributed by atoms with Gasteiger partial charge in [-0.1, -0.05) is 26.8 Å². The molecule has 17 heavy (non-hydrogen) atoms. The number of aromatic nitrogens is 2. The van der Waals surface area contributed by atoms with E-state index in [1.807, 2.05) is 6.20 Å². The van der Waals surface area contributed by atoms with Crippen molar-refractivity contribution in [3.63, 3.8) is 0 Å². The summed E-state index contributed by atoms with van der Waals surface area (Å²) in [5.74, 6) is 0. The minimum absolute atomic E-state index is 0.152. The van der Waals surface area contributed by atoms with Crippen LogP contribution in [0, 0.1) is 5.41 Å². The van der Waals surface area contributed by atoms with E-state index in [0.29, 0.717) is 0 Å². The number of hydrogen-bond donors (Lipinski definition) is 0. The number of aryl methyl sites for hydroxylation is 1. The summed E-state index contributed by atoms with van der Waals surface area (Å²) < 4.78 is 2.09. The summed E-state index contributed by atoms with van der Waals surface area (Å²) in [5, 5.41) is 4.54. The molecule has 0 N–H and O–H groups in total. The van der Waals surface area contributed by atoms with Crippen molar-refractivity contribution in [1.82, 2.24) is 9.78 Å². The minimum atomic E-state index is 0.152. The third-order valence-corrected chi connectivity index (χ3v) is 3.56. The third kappa shape index (κ3) is 2.92. The molecule has 0 aliphatic heterocycles. The Hall–Kier alpha value is -0.760. The molecule has 0 saturated carbocycles. The van der Waals surface area contributed by atoms with Gasteiger partial charge in [0.05, 0.1) is 11.1 Å². The van der Waals surface area contributed by atoms with Crippen molar-refractivity contribution in [3.8, 4) is 0 Å². The first-order valence-corrected chi connectivity index (χ1v) is 6.82. The van der Waals surface area contributed by atoms with Gasteiger partial charge in [-0.15, -0.1) is 11.6 Å². The molecule has 1 aromatic heterocycles. The normalized spacial score (nSPS) is 23.5. The van der Waals surface area contributed by atoms with Gasteiger partial charge in [-0.25, -0.2) is 0 Å². The number of rotatable bonds is 3. The lowest BCUT2D eigenvalue weighted by Gasteiger charge is -2.32. The van der Waals surface area contributed by atoms with Crippen LogP contribution in [-0.4, -0.2) is 15.2 Å². The lowest BCUT2D eigenvalue weighted by Crippen LogP contribution is -2.22. The van der Waals surface area contributed by atoms with E-state index in [4.69, 9.17) is 11.6 Å². The quantitative estimate of drug-likeness (QED) is 0.741. The number of nitrogens with zero attached hydrogens (tertiary/aromatic N) is 2. The first-order valence-electron chi connectivity index (χ1n) is 6.39. The molecule has 1 heterocycles. The standard InChI is InChI=1S/C14H21ClN2/c1-4-7-17-13(5-6-16-17)11-8-12(15)10-14(2,3)9-11/h5-6,8,12H,4,7,9-10H2,1-3H3. The lowest BCUT2D eigenvalue weighted by molar-refractivity contribution is 0.339. The monoisotopic (exact) mass is 252 g/mol. The fourth-order valence-corrected chi connectivity index (χ4v) is 3.19. The van der Waals surface area contributed by atoms with Crippen molar-refractivity contribution in [2.45, 2.75) is 52.0 Å². The molecule has 2 rings (SSSR count). The predicted molar refractivity (Wildman–Crippen MR) is 73.2 cm³/mol. The van der Waals surface area contributed by atoms with Crippen molar-refractivity contribution in [3.05, 3.63) is 24.0 Å². The molecule has 1 aromatic rings. The Morgan fingerprint density at radius 3 is 2.94 bits per heavy atom. The van der Waals surface area contributed by atoms with Crippen LogP contribution in [0.3, 0.4) is 0 Å². The molecular weight excluding hydrogens is 232 g/mol. The topological polar surface area (TPSA) is 17.8 Å². The third-order valence-electron chi connectivity index (χ3n) is 3.28. The van der Waals surface area contributed by atoms with Gasteiger partial charge in [-0.3, -0.25) is 4.68 Å². The van der Waals surface area contributed by atoms with Crippen LogP contribution in [0.1, 0.15) is 45.7 Å². The first-order chi connectivity index (χ1) is 8.02. The average Bonchev–Trinajstić information content (AvgIpc) is 2.63. The minimum Gasteiger partial charge on any atom is -0.265 e. The average molecular weight is 253 g/mol. The zero-order valence-electron chi connectivity index (χ0n) is 10.9. The Morgan fingerprint density at radius 2 is 2.29 bits per heavy atom. The predicted octanol–water partition coefficient (Wildman–Crippen LogP) is 4.10. The number of alkyl halides is 1. The van der Waals surface area contributed by atoms with Gasteiger partial charge in [0.15, 0.2) is 0 Å². The van der Waals surface area contributed by atoms with Gasteiger partial charge in [-0.05, 0) is 36.3 Å². The summed E-state index contributed by atoms with van der Waals surface area (Å²) >= 11 is 6.34. The summed E-state index contributed by atoms with van der Waals surface area (Å²) in [7, 11) is 0. The van der Waals surface area contributed by atoms with Crippen LogP contribution in [0.2, 0.25) is 0 Å². The van der Waals surface area contributed by atoms with E-state index in [2.05, 4.69) is 42.7 Å². The molecule has 1 atom stereocenters. The number of halogens is 1. The van der Waals surface area contributed by atoms with Gasteiger partial charge in [0.1, 0.15) is 0 Å². The van der Waals surface area contributed by atoms with Gasteiger partial charge < -0.3 is 0 Å². The molecule has 0 fully saturated rings. The van der Waals surface area contributed by atoms with E-state index in [-0.39, 0.29) is 10.8 Å². The summed E-state index contributed by atoms with van der Waals surface area (Å²) in [5.41, 5.74) is 2.88. The van der Waals surface area contributed by atoms with Crippen LogP contribution in [0.15, 0.2) is 18.3 Å². The Balaban J connectivity index is 2.29. The van der Waals surface area contributed by atoms with Crippen LogP contribution < -0.4 is 0 Å². The van der Waals surface area contributed by atoms with Gasteiger partial charge in [0.2, 0.25) is 0 Å². The highest BCUT2D eigenvalue weighted by Gasteiger charge is 2.29. The van der Waals surface area contributed by atoms with E-state index in [1.165, 1.54) is 11.3 Å². The van der Waals surface area contributed by atoms with Gasteiger partial charge in [0.25, 0.3) is 0 Å². The molecule has 0 amide bonds. The molecular formula is C14H21ClN2. The highest BCUT2D eigenvalue weighted by atomic mass is 35.5. The molecule has 0 spiro atoms. The molecule has 2 nitrogen and oxygen atoms in total. The second-order valence-corrected chi connectivity index (χ2v) is 6.25. The zero-order chi connectivity index (χ0) is 12.5. The van der Waals surface area contributed by atoms with Crippen molar-refractivity contribution in [2.24, 2.45) is 5.41 Å². The summed E-state index contributed by atoms with van der Waals surface area (Å²) in [6.45, 7) is 7.73. The Morgan fingerprint density at radius 1 is 1.53 bits per heavy atom. The maximum atomic E-state index is 6.34. The molecule has 94 valence electrons. The molecule has 1 aliphatic rings. The smallest absolute Gasteiger partial charge is 0.0639 e. The van der Waals surface area contributed by atoms with E-state index in [9.17, 15) is 0 Å². The van der Waals surface area contributed by atoms with Gasteiger partial charge >= 0.3 is 0 Å². The summed E-state index contributed by atoms with van der Waals surface area (Å²) in [4.78, 5) is 0. The SMILES string of the molecule is CCCn1nccc1C1=CC(Cl)CC(C)(C)C1. The molecule has 1 unspecified atom stereocenters. The van der Waals surface area contributed by atoms with Crippen molar-refractivity contribution in [2.75, 3.05) is 0 Å². The number of hydrogen-bond acceptors (Lipinski definition) is 1. The largest absolute Gasteiger partial charge is 0.265 e. The summed E-state index contributed by atoms with van der Waals surface area (Å²) in [6.07, 6.45) is 7.34. The van der Waals surface area contributed by atoms with E-state index >= 15 is 0 Å². The highest BCUT2D eigenvalue weighted by Crippen LogP contribution is 2.41. The Kier molecular flexibility index (Phi) is 3.62. The molecule has 1 aliphatic carbocycles.